The Labute approximate surface area is 138 Å². The molecule has 0 bridgehead atoms. The molecule has 0 aliphatic rings. The molecule has 0 radical (unpaired) electrons. The van der Waals surface area contributed by atoms with Gasteiger partial charge in [-0.05, 0) is 35.6 Å². The Morgan fingerprint density at radius 1 is 1.23 bits per heavy atom. The Morgan fingerprint density at radius 2 is 1.95 bits per heavy atom. The fourth-order valence-corrected chi connectivity index (χ4v) is 3.86. The smallest absolute Gasteiger partial charge is 0.238 e. The molecule has 1 amide bonds. The zero-order valence-corrected chi connectivity index (χ0v) is 14.1. The van der Waals surface area contributed by atoms with Crippen LogP contribution in [0.5, 0.6) is 0 Å². The van der Waals surface area contributed by atoms with Crippen molar-refractivity contribution in [3.63, 3.8) is 0 Å². The Balaban J connectivity index is 1.73. The molecular formula is C14H16N2O3S3. The normalized spacial score (nSPS) is 11.3. The predicted octanol–water partition coefficient (Wildman–Crippen LogP) is 1.85. The lowest BCUT2D eigenvalue weighted by atomic mass is 10.1. The molecule has 3 N–H and O–H groups in total. The molecular weight excluding hydrogens is 340 g/mol. The van der Waals surface area contributed by atoms with E-state index in [9.17, 15) is 13.2 Å². The summed E-state index contributed by atoms with van der Waals surface area (Å²) >= 11 is 3.12. The molecule has 2 aromatic rings. The third kappa shape index (κ3) is 5.45. The molecule has 1 heterocycles. The molecule has 0 aliphatic carbocycles. The van der Waals surface area contributed by atoms with Crippen LogP contribution in [0.2, 0.25) is 0 Å². The highest BCUT2D eigenvalue weighted by Crippen LogP contribution is 2.22. The zero-order valence-electron chi connectivity index (χ0n) is 11.7. The van der Waals surface area contributed by atoms with Crippen molar-refractivity contribution >= 4 is 39.0 Å². The van der Waals surface area contributed by atoms with Gasteiger partial charge in [0.05, 0.1) is 14.9 Å². The van der Waals surface area contributed by atoms with E-state index in [1.165, 1.54) is 23.9 Å². The van der Waals surface area contributed by atoms with Crippen molar-refractivity contribution in [2.45, 2.75) is 15.5 Å². The van der Waals surface area contributed by atoms with E-state index in [-0.39, 0.29) is 10.8 Å². The number of nitrogens with two attached hydrogens (primary N) is 1. The van der Waals surface area contributed by atoms with E-state index in [1.807, 2.05) is 17.5 Å². The molecule has 0 fully saturated rings. The van der Waals surface area contributed by atoms with E-state index in [2.05, 4.69) is 5.32 Å². The first kappa shape index (κ1) is 17.0. The summed E-state index contributed by atoms with van der Waals surface area (Å²) in [6.07, 6.45) is 0.639. The van der Waals surface area contributed by atoms with E-state index in [4.69, 9.17) is 5.14 Å². The van der Waals surface area contributed by atoms with Gasteiger partial charge in [0.25, 0.3) is 0 Å². The van der Waals surface area contributed by atoms with Gasteiger partial charge in [-0.1, -0.05) is 18.2 Å². The maximum Gasteiger partial charge on any atom is 0.238 e. The summed E-state index contributed by atoms with van der Waals surface area (Å²) in [6, 6.07) is 10.3. The van der Waals surface area contributed by atoms with Crippen LogP contribution >= 0.6 is 23.1 Å². The second kappa shape index (κ2) is 7.77. The van der Waals surface area contributed by atoms with Crippen LogP contribution in [-0.2, 0) is 21.2 Å². The van der Waals surface area contributed by atoms with Gasteiger partial charge in [-0.25, -0.2) is 13.6 Å². The first-order valence-electron chi connectivity index (χ1n) is 6.50. The van der Waals surface area contributed by atoms with Crippen LogP contribution in [0.15, 0.2) is 50.9 Å². The van der Waals surface area contributed by atoms with Crippen molar-refractivity contribution in [2.24, 2.45) is 5.14 Å². The SMILES string of the molecule is NS(=O)(=O)c1ccc(CCNC(=O)CSc2cccs2)cc1. The van der Waals surface area contributed by atoms with Crippen LogP contribution < -0.4 is 10.5 Å². The third-order valence-electron chi connectivity index (χ3n) is 2.83. The van der Waals surface area contributed by atoms with Crippen LogP contribution in [0.3, 0.4) is 0 Å². The molecule has 0 unspecified atom stereocenters. The minimum atomic E-state index is -3.65. The number of hydrogen-bond acceptors (Lipinski definition) is 5. The minimum absolute atomic E-state index is 0.0143. The van der Waals surface area contributed by atoms with E-state index >= 15 is 0 Å². The number of thiophene rings is 1. The lowest BCUT2D eigenvalue weighted by Gasteiger charge is -2.05. The highest BCUT2D eigenvalue weighted by atomic mass is 32.2. The molecule has 8 heteroatoms. The van der Waals surface area contributed by atoms with Gasteiger partial charge in [-0.2, -0.15) is 0 Å². The Hall–Kier alpha value is -1.35. The van der Waals surface area contributed by atoms with Crippen molar-refractivity contribution in [1.82, 2.24) is 5.32 Å². The van der Waals surface area contributed by atoms with Crippen LogP contribution in [0.1, 0.15) is 5.56 Å². The molecule has 118 valence electrons. The number of thioether (sulfide) groups is 1. The van der Waals surface area contributed by atoms with Gasteiger partial charge in [0.15, 0.2) is 0 Å². The monoisotopic (exact) mass is 356 g/mol. The van der Waals surface area contributed by atoms with E-state index in [0.717, 1.165) is 9.77 Å². The zero-order chi connectivity index (χ0) is 16.0. The first-order chi connectivity index (χ1) is 10.4. The summed E-state index contributed by atoms with van der Waals surface area (Å²) in [5, 5.41) is 9.85. The topological polar surface area (TPSA) is 89.3 Å². The van der Waals surface area contributed by atoms with Crippen molar-refractivity contribution in [3.05, 3.63) is 47.3 Å². The summed E-state index contributed by atoms with van der Waals surface area (Å²) in [5.41, 5.74) is 0.943. The number of carbonyl (C=O) groups excluding carboxylic acids is 1. The number of hydrogen-bond donors (Lipinski definition) is 2. The molecule has 0 saturated heterocycles. The quantitative estimate of drug-likeness (QED) is 0.741. The molecule has 5 nitrogen and oxygen atoms in total. The van der Waals surface area contributed by atoms with Crippen molar-refractivity contribution in [1.29, 1.82) is 0 Å². The fourth-order valence-electron chi connectivity index (χ4n) is 1.73. The largest absolute Gasteiger partial charge is 0.355 e. The van der Waals surface area contributed by atoms with E-state index < -0.39 is 10.0 Å². The number of amides is 1. The molecule has 2 rings (SSSR count). The first-order valence-corrected chi connectivity index (χ1v) is 9.91. The van der Waals surface area contributed by atoms with Crippen LogP contribution in [0, 0.1) is 0 Å². The summed E-state index contributed by atoms with van der Waals surface area (Å²) in [7, 11) is -3.65. The number of carbonyl (C=O) groups is 1. The van der Waals surface area contributed by atoms with Gasteiger partial charge >= 0.3 is 0 Å². The molecule has 0 atom stereocenters. The third-order valence-corrected chi connectivity index (χ3v) is 5.89. The molecule has 0 spiro atoms. The molecule has 0 aliphatic heterocycles. The lowest BCUT2D eigenvalue weighted by molar-refractivity contribution is -0.118. The van der Waals surface area contributed by atoms with E-state index in [0.29, 0.717) is 18.7 Å². The van der Waals surface area contributed by atoms with Crippen LogP contribution in [-0.4, -0.2) is 26.6 Å². The number of nitrogens with one attached hydrogen (secondary N) is 1. The highest BCUT2D eigenvalue weighted by Gasteiger charge is 2.07. The Morgan fingerprint density at radius 3 is 2.55 bits per heavy atom. The molecule has 0 saturated carbocycles. The molecule has 1 aromatic carbocycles. The number of primary sulfonamides is 1. The number of benzene rings is 1. The van der Waals surface area contributed by atoms with Gasteiger partial charge in [0.2, 0.25) is 15.9 Å². The van der Waals surface area contributed by atoms with Crippen LogP contribution in [0.25, 0.3) is 0 Å². The van der Waals surface area contributed by atoms with Gasteiger partial charge in [0.1, 0.15) is 0 Å². The van der Waals surface area contributed by atoms with Crippen molar-refractivity contribution < 1.29 is 13.2 Å². The Bertz CT molecular complexity index is 710. The lowest BCUT2D eigenvalue weighted by Crippen LogP contribution is -2.27. The second-order valence-corrected chi connectivity index (χ2v) is 8.29. The number of sulfonamides is 1. The summed E-state index contributed by atoms with van der Waals surface area (Å²) < 4.78 is 23.4. The summed E-state index contributed by atoms with van der Waals surface area (Å²) in [5.74, 6) is 0.379. The fraction of sp³-hybridized carbons (Fsp3) is 0.214. The van der Waals surface area contributed by atoms with Gasteiger partial charge in [0, 0.05) is 6.54 Å². The standard InChI is InChI=1S/C14H16N2O3S3/c15-22(18,19)12-5-3-11(4-6-12)7-8-16-13(17)10-21-14-2-1-9-20-14/h1-6,9H,7-8,10H2,(H,16,17)(H2,15,18,19). The van der Waals surface area contributed by atoms with Crippen molar-refractivity contribution in [2.75, 3.05) is 12.3 Å². The molecule has 22 heavy (non-hydrogen) atoms. The average molecular weight is 356 g/mol. The average Bonchev–Trinajstić information content (AvgIpc) is 2.98. The maximum absolute atomic E-state index is 11.7. The van der Waals surface area contributed by atoms with Gasteiger partial charge in [-0.15, -0.1) is 23.1 Å². The van der Waals surface area contributed by atoms with Crippen LogP contribution in [0.4, 0.5) is 0 Å². The number of rotatable bonds is 7. The second-order valence-electron chi connectivity index (χ2n) is 4.51. The van der Waals surface area contributed by atoms with Gasteiger partial charge < -0.3 is 5.32 Å². The summed E-state index contributed by atoms with van der Waals surface area (Å²) in [4.78, 5) is 11.8. The predicted molar refractivity (Wildman–Crippen MR) is 89.6 cm³/mol. The maximum atomic E-state index is 11.7. The van der Waals surface area contributed by atoms with Gasteiger partial charge in [-0.3, -0.25) is 4.79 Å². The van der Waals surface area contributed by atoms with Crippen molar-refractivity contribution in [3.8, 4) is 0 Å². The highest BCUT2D eigenvalue weighted by molar-refractivity contribution is 8.01. The molecule has 1 aromatic heterocycles. The van der Waals surface area contributed by atoms with E-state index in [1.54, 1.807) is 23.5 Å². The summed E-state index contributed by atoms with van der Waals surface area (Å²) in [6.45, 7) is 0.512. The Kier molecular flexibility index (Phi) is 6.01. The minimum Gasteiger partial charge on any atom is -0.355 e.